The van der Waals surface area contributed by atoms with Crippen molar-refractivity contribution in [3.63, 3.8) is 0 Å². The lowest BCUT2D eigenvalue weighted by Gasteiger charge is -2.41. The molecule has 0 aromatic heterocycles. The topological polar surface area (TPSA) is 126 Å². The van der Waals surface area contributed by atoms with Crippen LogP contribution in [0.5, 0.6) is 0 Å². The Balaban J connectivity index is 0.000000360. The van der Waals surface area contributed by atoms with E-state index in [-0.39, 0.29) is 88.8 Å². The molecule has 0 aliphatic carbocycles. The molecule has 0 spiro atoms. The molecule has 3 rings (SSSR count). The van der Waals surface area contributed by atoms with Crippen LogP contribution in [-0.2, 0) is 28.6 Å². The number of allylic oxidation sites excluding steroid dienone is 2. The zero-order valence-electron chi connectivity index (χ0n) is 35.2. The first kappa shape index (κ1) is 46.4. The van der Waals surface area contributed by atoms with E-state index in [1.165, 1.54) is 0 Å². The summed E-state index contributed by atoms with van der Waals surface area (Å²) < 4.78 is 17.8. The van der Waals surface area contributed by atoms with E-state index >= 15 is 0 Å². The average Bonchev–Trinajstić information content (AvgIpc) is 4.00. The molecule has 3 saturated heterocycles. The van der Waals surface area contributed by atoms with E-state index in [1.54, 1.807) is 0 Å². The molecule has 15 atom stereocenters. The van der Waals surface area contributed by atoms with E-state index in [2.05, 4.69) is 73.6 Å². The van der Waals surface area contributed by atoms with E-state index < -0.39 is 11.7 Å². The molecule has 3 heterocycles. The quantitative estimate of drug-likeness (QED) is 0.0942. The van der Waals surface area contributed by atoms with Gasteiger partial charge in [0.05, 0.1) is 36.6 Å². The Morgan fingerprint density at radius 3 is 1.67 bits per heavy atom. The number of hydrogen-bond donors (Lipinski definition) is 2. The Labute approximate surface area is 316 Å². The van der Waals surface area contributed by atoms with Crippen molar-refractivity contribution in [1.29, 1.82) is 0 Å². The highest BCUT2D eigenvalue weighted by Gasteiger charge is 2.61. The molecule has 0 radical (unpaired) electrons. The van der Waals surface area contributed by atoms with Crippen molar-refractivity contribution in [2.45, 2.75) is 165 Å². The molecule has 0 bridgehead atoms. The fourth-order valence-electron chi connectivity index (χ4n) is 9.15. The van der Waals surface area contributed by atoms with Gasteiger partial charge in [-0.25, -0.2) is 0 Å². The second kappa shape index (κ2) is 19.7. The lowest BCUT2D eigenvalue weighted by molar-refractivity contribution is -0.247. The maximum atomic E-state index is 13.3. The Morgan fingerprint density at radius 2 is 1.29 bits per heavy atom. The fraction of sp³-hybridized carbons (Fsp3) is 0.841. The van der Waals surface area contributed by atoms with Crippen molar-refractivity contribution in [2.75, 3.05) is 13.2 Å². The highest BCUT2D eigenvalue weighted by atomic mass is 16.6. The van der Waals surface area contributed by atoms with Gasteiger partial charge in [0.15, 0.2) is 5.79 Å². The summed E-state index contributed by atoms with van der Waals surface area (Å²) in [6.07, 6.45) is 12.2. The van der Waals surface area contributed by atoms with Crippen LogP contribution >= 0.6 is 0 Å². The fourth-order valence-corrected chi connectivity index (χ4v) is 9.15. The molecule has 3 aliphatic rings. The summed E-state index contributed by atoms with van der Waals surface area (Å²) >= 11 is 0. The van der Waals surface area contributed by atoms with Crippen LogP contribution in [0.4, 0.5) is 0 Å². The molecule has 0 aromatic carbocycles. The summed E-state index contributed by atoms with van der Waals surface area (Å²) in [6.45, 7) is 28.8. The molecule has 52 heavy (non-hydrogen) atoms. The normalized spacial score (nSPS) is 34.7. The molecule has 300 valence electrons. The number of aliphatic hydroxyl groups excluding tert-OH is 1. The minimum atomic E-state index is -1.07. The number of carbonyl (C=O) groups is 3. The summed E-state index contributed by atoms with van der Waals surface area (Å²) in [6, 6.07) is 0. The number of aliphatic hydroxyl groups is 2. The molecule has 0 amide bonds. The Kier molecular flexibility index (Phi) is 17.6. The molecule has 3 fully saturated rings. The molecule has 5 unspecified atom stereocenters. The predicted octanol–water partition coefficient (Wildman–Crippen LogP) is 8.56. The van der Waals surface area contributed by atoms with Crippen LogP contribution in [0, 0.1) is 59.2 Å². The molecule has 8 heteroatoms. The van der Waals surface area contributed by atoms with Crippen molar-refractivity contribution in [1.82, 2.24) is 0 Å². The lowest BCUT2D eigenvalue weighted by atomic mass is 9.71. The van der Waals surface area contributed by atoms with Gasteiger partial charge >= 0.3 is 0 Å². The maximum Gasteiger partial charge on any atom is 0.165 e. The third-order valence-electron chi connectivity index (χ3n) is 13.3. The smallest absolute Gasteiger partial charge is 0.165 e. The molecule has 2 N–H and O–H groups in total. The van der Waals surface area contributed by atoms with Gasteiger partial charge < -0.3 is 24.4 Å². The van der Waals surface area contributed by atoms with E-state index in [4.69, 9.17) is 14.2 Å². The van der Waals surface area contributed by atoms with Crippen molar-refractivity contribution >= 4 is 17.3 Å². The van der Waals surface area contributed by atoms with Crippen LogP contribution in [0.3, 0.4) is 0 Å². The first-order chi connectivity index (χ1) is 24.3. The lowest BCUT2D eigenvalue weighted by Crippen LogP contribution is -2.48. The van der Waals surface area contributed by atoms with Gasteiger partial charge in [-0.3, -0.25) is 14.4 Å². The largest absolute Gasteiger partial charge is 0.396 e. The highest BCUT2D eigenvalue weighted by molar-refractivity contribution is 5.86. The zero-order valence-corrected chi connectivity index (χ0v) is 35.2. The number of ketones is 3. The van der Waals surface area contributed by atoms with Crippen LogP contribution in [0.25, 0.3) is 0 Å². The summed E-state index contributed by atoms with van der Waals surface area (Å²) in [5.41, 5.74) is -0.546. The van der Waals surface area contributed by atoms with Crippen LogP contribution < -0.4 is 0 Å². The standard InChI is InChI=1S/2C22H38O4/c1-8-11-14(4)20-21(7,26-20)16(6)17(9-2)19(23)18-13-25-22(24,10-3)12-15(18)5;1-8-11-14(4)21-22(7,26-21)16(6)18(10-3)20(25)19(13-23)15(5)12-17(24)9-2/h8,11,14-18,20,24H,9-10,12-13H2,1-7H3;8,11,14-16,18-19,21,23H,9-10,12-13H2,1-7H3/b2*11-8-/t14-,15?,16-,17+,18?,20+,21-,22?;14-,15?,16-,18+,19?,21+,22-/m00/s1. The van der Waals surface area contributed by atoms with Gasteiger partial charge in [-0.1, -0.05) is 93.5 Å². The van der Waals surface area contributed by atoms with Gasteiger partial charge in [0, 0.05) is 54.8 Å². The number of carbonyl (C=O) groups excluding carboxylic acids is 3. The molecular formula is C44H76O8. The Morgan fingerprint density at radius 1 is 0.808 bits per heavy atom. The second-order valence-electron chi connectivity index (χ2n) is 16.9. The minimum Gasteiger partial charge on any atom is -0.396 e. The van der Waals surface area contributed by atoms with Crippen LogP contribution in [0.15, 0.2) is 24.3 Å². The molecule has 0 saturated carbocycles. The van der Waals surface area contributed by atoms with Crippen molar-refractivity contribution < 1.29 is 38.8 Å². The molecule has 3 aliphatic heterocycles. The molecule has 0 aromatic rings. The molecule has 8 nitrogen and oxygen atoms in total. The number of Topliss-reactive ketones (excluding diaryl/α,β-unsaturated/α-hetero) is 3. The first-order valence-electron chi connectivity index (χ1n) is 20.5. The van der Waals surface area contributed by atoms with E-state index in [0.29, 0.717) is 50.5 Å². The van der Waals surface area contributed by atoms with E-state index in [1.807, 2.05) is 47.6 Å². The van der Waals surface area contributed by atoms with Gasteiger partial charge in [0.25, 0.3) is 0 Å². The van der Waals surface area contributed by atoms with E-state index in [9.17, 15) is 24.6 Å². The SMILES string of the molecule is C/C=C\[C@H](C)[C@H]1O[C@@]1(C)[C@@H](C)[C@@H](CC)C(=O)C(CO)C(C)CC(=O)CC.C/C=C\[C@H](C)[C@H]1O[C@@]1(C)[C@@H](C)[C@@H](CC)C(=O)C1COC(O)(CC)CC1C. The summed E-state index contributed by atoms with van der Waals surface area (Å²) in [7, 11) is 0. The van der Waals surface area contributed by atoms with Crippen molar-refractivity contribution in [3.05, 3.63) is 24.3 Å². The van der Waals surface area contributed by atoms with Gasteiger partial charge in [-0.05, 0) is 70.6 Å². The third kappa shape index (κ3) is 10.7. The minimum absolute atomic E-state index is 0.0355. The van der Waals surface area contributed by atoms with Crippen LogP contribution in [-0.4, -0.2) is 70.0 Å². The second-order valence-corrected chi connectivity index (χ2v) is 16.9. The number of hydrogen-bond acceptors (Lipinski definition) is 8. The van der Waals surface area contributed by atoms with Gasteiger partial charge in [0.2, 0.25) is 0 Å². The van der Waals surface area contributed by atoms with Gasteiger partial charge in [-0.15, -0.1) is 0 Å². The van der Waals surface area contributed by atoms with Crippen molar-refractivity contribution in [3.8, 4) is 0 Å². The summed E-state index contributed by atoms with van der Waals surface area (Å²) in [4.78, 5) is 38.3. The number of epoxide rings is 2. The average molecular weight is 733 g/mol. The first-order valence-corrected chi connectivity index (χ1v) is 20.5. The zero-order chi connectivity index (χ0) is 39.8. The highest BCUT2D eigenvalue weighted by Crippen LogP contribution is 2.52. The maximum absolute atomic E-state index is 13.3. The van der Waals surface area contributed by atoms with Crippen LogP contribution in [0.1, 0.15) is 135 Å². The number of ether oxygens (including phenoxy) is 3. The summed E-state index contributed by atoms with van der Waals surface area (Å²) in [5.74, 6) is -0.484. The van der Waals surface area contributed by atoms with E-state index in [0.717, 1.165) is 6.42 Å². The third-order valence-corrected chi connectivity index (χ3v) is 13.3. The number of rotatable bonds is 20. The van der Waals surface area contributed by atoms with Gasteiger partial charge in [0.1, 0.15) is 17.3 Å². The van der Waals surface area contributed by atoms with Crippen molar-refractivity contribution in [2.24, 2.45) is 59.2 Å². The predicted molar refractivity (Wildman–Crippen MR) is 209 cm³/mol. The summed E-state index contributed by atoms with van der Waals surface area (Å²) in [5, 5.41) is 20.2. The molecular weight excluding hydrogens is 656 g/mol. The Hall–Kier alpha value is -1.71. The van der Waals surface area contributed by atoms with Gasteiger partial charge in [-0.2, -0.15) is 0 Å². The van der Waals surface area contributed by atoms with Crippen LogP contribution in [0.2, 0.25) is 0 Å². The Bertz CT molecular complexity index is 1230. The monoisotopic (exact) mass is 733 g/mol.